The van der Waals surface area contributed by atoms with Crippen LogP contribution in [0.1, 0.15) is 58.3 Å². The van der Waals surface area contributed by atoms with E-state index in [1.807, 2.05) is 6.92 Å². The smallest absolute Gasteiger partial charge is 0.849 e. The van der Waals surface area contributed by atoms with Gasteiger partial charge in [0.2, 0.25) is 0 Å². The Kier molecular flexibility index (Phi) is 10.2. The van der Waals surface area contributed by atoms with Gasteiger partial charge in [-0.2, -0.15) is 0 Å². The van der Waals surface area contributed by atoms with Crippen molar-refractivity contribution in [2.75, 3.05) is 0 Å². The van der Waals surface area contributed by atoms with E-state index in [9.17, 15) is 39.3 Å². The second-order valence-electron chi connectivity index (χ2n) is 9.75. The molecule has 0 amide bonds. The van der Waals surface area contributed by atoms with Gasteiger partial charge in [-0.3, -0.25) is 4.79 Å². The van der Waals surface area contributed by atoms with Crippen LogP contribution >= 0.6 is 0 Å². The summed E-state index contributed by atoms with van der Waals surface area (Å²) in [5, 5.41) is 35.8. The van der Waals surface area contributed by atoms with Crippen molar-refractivity contribution in [3.8, 4) is 0 Å². The zero-order valence-corrected chi connectivity index (χ0v) is 23.3. The number of carbonyl (C=O) groups excluding carboxylic acids is 5. The third kappa shape index (κ3) is 6.03. The van der Waals surface area contributed by atoms with E-state index in [1.54, 1.807) is 0 Å². The van der Waals surface area contributed by atoms with Crippen LogP contribution in [0.3, 0.4) is 0 Å². The van der Waals surface area contributed by atoms with Crippen molar-refractivity contribution < 1.29 is 83.1 Å². The van der Waals surface area contributed by atoms with Gasteiger partial charge in [-0.1, -0.05) is 44.8 Å². The third-order valence-corrected chi connectivity index (χ3v) is 7.29. The maximum Gasteiger partial charge on any atom is 1.00 e. The molecule has 12 heteroatoms. The summed E-state index contributed by atoms with van der Waals surface area (Å²) in [6, 6.07) is 0. The van der Waals surface area contributed by atoms with Crippen molar-refractivity contribution in [3.05, 3.63) is 34.4 Å². The first kappa shape index (κ1) is 30.4. The zero-order chi connectivity index (χ0) is 26.9. The molecule has 0 aromatic rings. The molecule has 11 nitrogen and oxygen atoms in total. The summed E-state index contributed by atoms with van der Waals surface area (Å²) < 4.78 is 14.7. The summed E-state index contributed by atoms with van der Waals surface area (Å²) in [7, 11) is 0. The van der Waals surface area contributed by atoms with Crippen molar-refractivity contribution in [1.29, 1.82) is 0 Å². The van der Waals surface area contributed by atoms with Gasteiger partial charge in [0.05, 0.1) is 35.3 Å². The molecule has 0 bridgehead atoms. The molecule has 3 aliphatic heterocycles. The Labute approximate surface area is 241 Å². The van der Waals surface area contributed by atoms with Crippen LogP contribution in [0.5, 0.6) is 0 Å². The molecule has 3 heterocycles. The number of carbonyl (C=O) groups is 5. The van der Waals surface area contributed by atoms with Gasteiger partial charge in [-0.05, 0) is 31.3 Å². The van der Waals surface area contributed by atoms with Crippen LogP contribution in [0.2, 0.25) is 0 Å². The Balaban J connectivity index is 0.00000400. The molecule has 1 aliphatic carbocycles. The van der Waals surface area contributed by atoms with E-state index in [2.05, 4.69) is 0 Å². The van der Waals surface area contributed by atoms with Crippen LogP contribution in [0, 0.1) is 11.8 Å². The number of aliphatic hydroxyl groups is 2. The van der Waals surface area contributed by atoms with Crippen molar-refractivity contribution in [2.45, 2.75) is 82.7 Å². The minimum Gasteiger partial charge on any atom is -0.849 e. The SMILES string of the molecule is CCCCCCC(O)C1C2=C(CC(C([O-])C3C=CCC(=O)O3)CC3=C(C(=O)OC3=O)C1O)C(=O)OC2=O.[Na+]. The van der Waals surface area contributed by atoms with Crippen LogP contribution in [-0.4, -0.2) is 64.5 Å². The zero-order valence-electron chi connectivity index (χ0n) is 21.3. The number of ether oxygens (including phenoxy) is 3. The van der Waals surface area contributed by atoms with Gasteiger partial charge in [0.1, 0.15) is 6.10 Å². The molecule has 200 valence electrons. The van der Waals surface area contributed by atoms with E-state index < -0.39 is 71.7 Å². The van der Waals surface area contributed by atoms with Crippen LogP contribution < -0.4 is 34.7 Å². The first-order valence-electron chi connectivity index (χ1n) is 12.5. The second-order valence-corrected chi connectivity index (χ2v) is 9.75. The Morgan fingerprint density at radius 1 is 0.947 bits per heavy atom. The molecule has 0 spiro atoms. The standard InChI is InChI=1S/C26H29O11.Na/c1-2-3-4-5-7-15(27)20-18-13(23(31)36-25(18)33)10-12(21(29)16-8-6-9-17(28)35-16)11-14-19(22(20)30)26(34)37-24(14)32;/h6,8,12,15-16,20-22,27,30H,2-5,7,9-11H2,1H3;/q-1;+1. The maximum atomic E-state index is 13.5. The summed E-state index contributed by atoms with van der Waals surface area (Å²) in [5.74, 6) is -7.54. The van der Waals surface area contributed by atoms with E-state index >= 15 is 0 Å². The Morgan fingerprint density at radius 2 is 1.55 bits per heavy atom. The molecule has 0 fully saturated rings. The largest absolute Gasteiger partial charge is 1.00 e. The Hall–Kier alpha value is -2.15. The van der Waals surface area contributed by atoms with E-state index in [0.29, 0.717) is 6.42 Å². The van der Waals surface area contributed by atoms with Crippen molar-refractivity contribution in [3.63, 3.8) is 0 Å². The fraction of sp³-hybridized carbons (Fsp3) is 0.577. The van der Waals surface area contributed by atoms with Crippen LogP contribution in [0.25, 0.3) is 0 Å². The quantitative estimate of drug-likeness (QED) is 0.0805. The molecule has 6 unspecified atom stereocenters. The predicted molar refractivity (Wildman–Crippen MR) is 121 cm³/mol. The number of cyclic esters (lactones) is 5. The number of hydrogen-bond donors (Lipinski definition) is 2. The normalized spacial score (nSPS) is 28.9. The molecule has 0 aromatic heterocycles. The fourth-order valence-electron chi connectivity index (χ4n) is 5.40. The fourth-order valence-corrected chi connectivity index (χ4v) is 5.40. The van der Waals surface area contributed by atoms with Crippen molar-refractivity contribution >= 4 is 29.8 Å². The van der Waals surface area contributed by atoms with Crippen LogP contribution in [0.15, 0.2) is 34.4 Å². The monoisotopic (exact) mass is 540 g/mol. The molecule has 0 saturated carbocycles. The predicted octanol–water partition coefficient (Wildman–Crippen LogP) is -2.93. The van der Waals surface area contributed by atoms with E-state index in [4.69, 9.17) is 14.2 Å². The minimum atomic E-state index is -1.87. The van der Waals surface area contributed by atoms with Gasteiger partial charge in [0, 0.05) is 11.5 Å². The van der Waals surface area contributed by atoms with Gasteiger partial charge < -0.3 is 29.5 Å². The Bertz CT molecular complexity index is 1100. The van der Waals surface area contributed by atoms with E-state index in [0.717, 1.165) is 19.3 Å². The third-order valence-electron chi connectivity index (χ3n) is 7.29. The molecular weight excluding hydrogens is 511 g/mol. The van der Waals surface area contributed by atoms with Crippen LogP contribution in [0.4, 0.5) is 0 Å². The number of hydrogen-bond acceptors (Lipinski definition) is 11. The molecule has 4 aliphatic rings. The number of rotatable bonds is 8. The van der Waals surface area contributed by atoms with E-state index in [-0.39, 0.29) is 72.0 Å². The van der Waals surface area contributed by atoms with E-state index in [1.165, 1.54) is 12.2 Å². The molecule has 2 N–H and O–H groups in total. The van der Waals surface area contributed by atoms with Gasteiger partial charge in [0.25, 0.3) is 0 Å². The average molecular weight is 540 g/mol. The summed E-state index contributed by atoms with van der Waals surface area (Å²) >= 11 is 0. The number of unbranched alkanes of at least 4 members (excludes halogenated alkanes) is 3. The van der Waals surface area contributed by atoms with Crippen molar-refractivity contribution in [2.24, 2.45) is 11.8 Å². The van der Waals surface area contributed by atoms with Gasteiger partial charge >= 0.3 is 59.4 Å². The number of aliphatic hydroxyl groups excluding tert-OH is 2. The molecule has 38 heavy (non-hydrogen) atoms. The minimum absolute atomic E-state index is 0. The molecule has 0 radical (unpaired) electrons. The van der Waals surface area contributed by atoms with Gasteiger partial charge in [-0.15, -0.1) is 0 Å². The summed E-state index contributed by atoms with van der Waals surface area (Å²) in [5.41, 5.74) is -1.26. The van der Waals surface area contributed by atoms with Gasteiger partial charge in [-0.25, -0.2) is 19.2 Å². The summed E-state index contributed by atoms with van der Waals surface area (Å²) in [4.78, 5) is 62.5. The molecule has 0 saturated heterocycles. The molecule has 0 aromatic carbocycles. The first-order valence-corrected chi connectivity index (χ1v) is 12.5. The van der Waals surface area contributed by atoms with Gasteiger partial charge in [0.15, 0.2) is 0 Å². The molecular formula is C26H29NaO11. The second kappa shape index (κ2) is 12.8. The average Bonchev–Trinajstić information content (AvgIpc) is 3.30. The van der Waals surface area contributed by atoms with Crippen LogP contribution in [-0.2, 0) is 38.2 Å². The Morgan fingerprint density at radius 3 is 2.16 bits per heavy atom. The maximum absolute atomic E-state index is 13.5. The number of esters is 5. The topological polar surface area (TPSA) is 177 Å². The molecule has 4 rings (SSSR count). The van der Waals surface area contributed by atoms with Crippen molar-refractivity contribution in [1.82, 2.24) is 0 Å². The first-order chi connectivity index (χ1) is 17.6. The summed E-state index contributed by atoms with van der Waals surface area (Å²) in [6.07, 6.45) is -0.721. The molecule has 6 atom stereocenters. The summed E-state index contributed by atoms with van der Waals surface area (Å²) in [6.45, 7) is 2.01.